The Morgan fingerprint density at radius 2 is 1.89 bits per heavy atom. The first kappa shape index (κ1) is 18.6. The molecule has 2 fully saturated rings. The van der Waals surface area contributed by atoms with Gasteiger partial charge in [0, 0.05) is 25.3 Å². The molecule has 148 valence electrons. The number of likely N-dealkylation sites (tertiary alicyclic amines) is 1. The van der Waals surface area contributed by atoms with Crippen molar-refractivity contribution in [1.29, 1.82) is 0 Å². The maximum absolute atomic E-state index is 13.1. The van der Waals surface area contributed by atoms with Gasteiger partial charge in [0.15, 0.2) is 0 Å². The second-order valence-electron chi connectivity index (χ2n) is 7.37. The van der Waals surface area contributed by atoms with Crippen molar-refractivity contribution < 1.29 is 23.8 Å². The number of rotatable bonds is 4. The fraction of sp³-hybridized carbons (Fsp3) is 0.450. The van der Waals surface area contributed by atoms with Crippen molar-refractivity contribution in [1.82, 2.24) is 15.1 Å². The van der Waals surface area contributed by atoms with Crippen LogP contribution in [0.25, 0.3) is 11.3 Å². The number of ether oxygens (including phenoxy) is 1. The molecule has 1 amide bonds. The minimum absolute atomic E-state index is 0.138. The Hall–Kier alpha value is -2.74. The van der Waals surface area contributed by atoms with E-state index < -0.39 is 11.9 Å². The Morgan fingerprint density at radius 1 is 1.18 bits per heavy atom. The number of carbonyl (C=O) groups excluding carboxylic acids is 1. The van der Waals surface area contributed by atoms with Gasteiger partial charge in [-0.25, -0.2) is 4.39 Å². The number of nitrogens with zero attached hydrogens (tertiary/aromatic N) is 2. The van der Waals surface area contributed by atoms with Crippen LogP contribution in [-0.2, 0) is 9.53 Å². The Labute approximate surface area is 161 Å². The second-order valence-corrected chi connectivity index (χ2v) is 7.37. The molecule has 3 heterocycles. The van der Waals surface area contributed by atoms with Crippen molar-refractivity contribution in [3.63, 3.8) is 0 Å². The number of piperidine rings is 1. The molecule has 0 radical (unpaired) electrons. The number of nitrogens with one attached hydrogen (secondary N) is 1. The van der Waals surface area contributed by atoms with Crippen LogP contribution in [0.5, 0.6) is 0 Å². The van der Waals surface area contributed by atoms with Crippen LogP contribution in [0.2, 0.25) is 0 Å². The fourth-order valence-electron chi connectivity index (χ4n) is 4.14. The summed E-state index contributed by atoms with van der Waals surface area (Å²) in [7, 11) is 0. The number of hydrogen-bond donors (Lipinski definition) is 2. The minimum atomic E-state index is -0.799. The van der Waals surface area contributed by atoms with Gasteiger partial charge in [-0.2, -0.15) is 5.10 Å². The Balaban J connectivity index is 1.38. The number of aromatic amines is 1. The van der Waals surface area contributed by atoms with Crippen molar-refractivity contribution >= 4 is 11.9 Å². The van der Waals surface area contributed by atoms with E-state index in [-0.39, 0.29) is 23.7 Å². The van der Waals surface area contributed by atoms with Crippen LogP contribution in [0.15, 0.2) is 30.3 Å². The lowest BCUT2D eigenvalue weighted by Crippen LogP contribution is -2.43. The van der Waals surface area contributed by atoms with E-state index in [1.807, 2.05) is 0 Å². The van der Waals surface area contributed by atoms with Crippen molar-refractivity contribution in [2.75, 3.05) is 19.7 Å². The second kappa shape index (κ2) is 7.71. The van der Waals surface area contributed by atoms with E-state index in [9.17, 15) is 19.1 Å². The number of carbonyl (C=O) groups is 2. The zero-order chi connectivity index (χ0) is 19.7. The van der Waals surface area contributed by atoms with Gasteiger partial charge in [-0.1, -0.05) is 0 Å². The van der Waals surface area contributed by atoms with Crippen molar-refractivity contribution in [2.45, 2.75) is 25.4 Å². The third kappa shape index (κ3) is 3.64. The van der Waals surface area contributed by atoms with Gasteiger partial charge < -0.3 is 14.7 Å². The van der Waals surface area contributed by atoms with E-state index in [0.29, 0.717) is 37.5 Å². The summed E-state index contributed by atoms with van der Waals surface area (Å²) in [6.45, 7) is 1.60. The molecule has 4 rings (SSSR count). The third-order valence-electron chi connectivity index (χ3n) is 5.69. The van der Waals surface area contributed by atoms with Crippen molar-refractivity contribution in [3.05, 3.63) is 41.8 Å². The molecule has 2 saturated heterocycles. The van der Waals surface area contributed by atoms with Gasteiger partial charge in [-0.05, 0) is 55.5 Å². The van der Waals surface area contributed by atoms with Gasteiger partial charge >= 0.3 is 5.97 Å². The lowest BCUT2D eigenvalue weighted by molar-refractivity contribution is -0.145. The topological polar surface area (TPSA) is 95.5 Å². The summed E-state index contributed by atoms with van der Waals surface area (Å²) >= 11 is 0. The average Bonchev–Trinajstić information content (AvgIpc) is 3.38. The predicted molar refractivity (Wildman–Crippen MR) is 98.1 cm³/mol. The van der Waals surface area contributed by atoms with Crippen LogP contribution >= 0.6 is 0 Å². The number of H-pyrrole nitrogens is 1. The van der Waals surface area contributed by atoms with Gasteiger partial charge in [0.05, 0.1) is 17.7 Å². The molecule has 2 aliphatic rings. The number of carboxylic acids is 1. The molecule has 28 heavy (non-hydrogen) atoms. The molecule has 0 aliphatic carbocycles. The quantitative estimate of drug-likeness (QED) is 0.841. The monoisotopic (exact) mass is 387 g/mol. The molecule has 0 saturated carbocycles. The van der Waals surface area contributed by atoms with E-state index in [1.54, 1.807) is 23.1 Å². The molecule has 1 aromatic heterocycles. The molecule has 7 nitrogen and oxygen atoms in total. The first-order valence-corrected chi connectivity index (χ1v) is 9.48. The molecule has 2 aliphatic heterocycles. The zero-order valence-electron chi connectivity index (χ0n) is 15.3. The number of aliphatic carboxylic acids is 1. The van der Waals surface area contributed by atoms with E-state index in [1.165, 1.54) is 12.1 Å². The summed E-state index contributed by atoms with van der Waals surface area (Å²) in [5.41, 5.74) is 1.70. The van der Waals surface area contributed by atoms with Gasteiger partial charge in [-0.3, -0.25) is 14.7 Å². The lowest BCUT2D eigenvalue weighted by atomic mass is 9.84. The van der Waals surface area contributed by atoms with Crippen LogP contribution in [0.3, 0.4) is 0 Å². The van der Waals surface area contributed by atoms with Gasteiger partial charge in [0.2, 0.25) is 0 Å². The molecule has 1 unspecified atom stereocenters. The summed E-state index contributed by atoms with van der Waals surface area (Å²) in [6.07, 6.45) is 1.74. The van der Waals surface area contributed by atoms with Gasteiger partial charge in [-0.15, -0.1) is 0 Å². The smallest absolute Gasteiger partial charge is 0.309 e. The maximum atomic E-state index is 13.1. The van der Waals surface area contributed by atoms with Crippen LogP contribution in [0.1, 0.15) is 29.8 Å². The molecule has 0 bridgehead atoms. The van der Waals surface area contributed by atoms with E-state index in [0.717, 1.165) is 18.4 Å². The van der Waals surface area contributed by atoms with E-state index in [4.69, 9.17) is 4.74 Å². The molecular formula is C20H22FN3O4. The molecule has 8 heteroatoms. The summed E-state index contributed by atoms with van der Waals surface area (Å²) in [5, 5.41) is 16.3. The highest BCUT2D eigenvalue weighted by atomic mass is 19.1. The van der Waals surface area contributed by atoms with Crippen molar-refractivity contribution in [3.8, 4) is 11.3 Å². The SMILES string of the molecule is O=C(O)C1CCO[C@H]1C1CCN(C(=O)c2cc(-c3ccc(F)cc3)n[nH]2)CC1. The molecule has 0 spiro atoms. The summed E-state index contributed by atoms with van der Waals surface area (Å²) in [4.78, 5) is 25.9. The Bertz CT molecular complexity index is 859. The Kier molecular flexibility index (Phi) is 5.13. The number of amides is 1. The normalized spacial score (nSPS) is 23.1. The van der Waals surface area contributed by atoms with Crippen LogP contribution in [-0.4, -0.2) is 57.9 Å². The van der Waals surface area contributed by atoms with Gasteiger partial charge in [0.25, 0.3) is 5.91 Å². The first-order chi connectivity index (χ1) is 13.5. The highest BCUT2D eigenvalue weighted by Gasteiger charge is 2.40. The van der Waals surface area contributed by atoms with E-state index >= 15 is 0 Å². The van der Waals surface area contributed by atoms with Crippen LogP contribution in [0, 0.1) is 17.7 Å². The van der Waals surface area contributed by atoms with Crippen LogP contribution in [0.4, 0.5) is 4.39 Å². The Morgan fingerprint density at radius 3 is 2.57 bits per heavy atom. The van der Waals surface area contributed by atoms with Gasteiger partial charge in [0.1, 0.15) is 11.5 Å². The summed E-state index contributed by atoms with van der Waals surface area (Å²) in [5.74, 6) is -1.55. The summed E-state index contributed by atoms with van der Waals surface area (Å²) < 4.78 is 18.7. The number of hydrogen-bond acceptors (Lipinski definition) is 4. The largest absolute Gasteiger partial charge is 0.481 e. The molecule has 1 aromatic carbocycles. The number of benzene rings is 1. The lowest BCUT2D eigenvalue weighted by Gasteiger charge is -2.35. The van der Waals surface area contributed by atoms with Crippen LogP contribution < -0.4 is 0 Å². The molecular weight excluding hydrogens is 365 g/mol. The third-order valence-corrected chi connectivity index (χ3v) is 5.69. The van der Waals surface area contributed by atoms with Crippen molar-refractivity contribution in [2.24, 2.45) is 11.8 Å². The zero-order valence-corrected chi connectivity index (χ0v) is 15.3. The highest BCUT2D eigenvalue weighted by Crippen LogP contribution is 2.33. The first-order valence-electron chi connectivity index (χ1n) is 9.48. The molecule has 2 atom stereocenters. The maximum Gasteiger partial charge on any atom is 0.309 e. The fourth-order valence-corrected chi connectivity index (χ4v) is 4.14. The predicted octanol–water partition coefficient (Wildman–Crippen LogP) is 2.56. The standard InChI is InChI=1S/C20H22FN3O4/c21-14-3-1-12(2-4-14)16-11-17(23-22-16)19(25)24-8-5-13(6-9-24)18-15(20(26)27)7-10-28-18/h1-4,11,13,15,18H,5-10H2,(H,22,23)(H,26,27)/t15?,18-/m0/s1. The number of carboxylic acid groups (broad SMARTS) is 1. The minimum Gasteiger partial charge on any atom is -0.481 e. The van der Waals surface area contributed by atoms with E-state index in [2.05, 4.69) is 10.2 Å². The number of halogens is 1. The summed E-state index contributed by atoms with van der Waals surface area (Å²) in [6, 6.07) is 7.61. The molecule has 2 N–H and O–H groups in total. The highest BCUT2D eigenvalue weighted by molar-refractivity contribution is 5.93. The number of aromatic nitrogens is 2. The average molecular weight is 387 g/mol. The molecule has 2 aromatic rings.